The summed E-state index contributed by atoms with van der Waals surface area (Å²) in [5.74, 6) is -1.77. The molecule has 10 nitrogen and oxygen atoms in total. The summed E-state index contributed by atoms with van der Waals surface area (Å²) in [6.07, 6.45) is 2.92. The van der Waals surface area contributed by atoms with Gasteiger partial charge in [0.2, 0.25) is 5.91 Å². The van der Waals surface area contributed by atoms with Crippen LogP contribution in [0.15, 0.2) is 47.9 Å². The van der Waals surface area contributed by atoms with Crippen molar-refractivity contribution < 1.29 is 19.4 Å². The van der Waals surface area contributed by atoms with Crippen LogP contribution >= 0.6 is 11.6 Å². The van der Waals surface area contributed by atoms with Gasteiger partial charge in [-0.2, -0.15) is 4.98 Å². The Hall–Kier alpha value is -4.64. The molecule has 12 heteroatoms. The molecule has 2 aliphatic rings. The molecule has 234 valence electrons. The van der Waals surface area contributed by atoms with E-state index in [0.29, 0.717) is 47.7 Å². The van der Waals surface area contributed by atoms with Gasteiger partial charge in [-0.15, -0.1) is 0 Å². The van der Waals surface area contributed by atoms with Crippen molar-refractivity contribution in [2.45, 2.75) is 45.7 Å². The molecule has 1 saturated heterocycles. The Morgan fingerprint density at radius 2 is 1.82 bits per heavy atom. The second-order valence-electron chi connectivity index (χ2n) is 12.1. The Balaban J connectivity index is 1.81. The highest BCUT2D eigenvalue weighted by molar-refractivity contribution is 6.38. The van der Waals surface area contributed by atoms with Gasteiger partial charge in [-0.1, -0.05) is 38.1 Å². The normalized spacial score (nSPS) is 17.9. The van der Waals surface area contributed by atoms with E-state index >= 15 is 4.39 Å². The zero-order valence-corrected chi connectivity index (χ0v) is 26.4. The predicted octanol–water partition coefficient (Wildman–Crippen LogP) is 5.12. The van der Waals surface area contributed by atoms with Gasteiger partial charge < -0.3 is 24.9 Å². The van der Waals surface area contributed by atoms with E-state index in [1.54, 1.807) is 24.2 Å². The molecule has 0 bridgehead atoms. The fourth-order valence-electron chi connectivity index (χ4n) is 6.85. The van der Waals surface area contributed by atoms with Crippen LogP contribution in [0.1, 0.15) is 37.9 Å². The Morgan fingerprint density at radius 3 is 2.47 bits per heavy atom. The number of aromatic nitrogens is 3. The molecular formula is C33H34ClFN6O4. The Kier molecular flexibility index (Phi) is 7.47. The Bertz CT molecular complexity index is 1940. The van der Waals surface area contributed by atoms with E-state index < -0.39 is 11.5 Å². The van der Waals surface area contributed by atoms with Crippen LogP contribution in [0.4, 0.5) is 15.9 Å². The molecule has 4 aromatic rings. The Morgan fingerprint density at radius 1 is 1.13 bits per heavy atom. The molecule has 1 fully saturated rings. The van der Waals surface area contributed by atoms with Crippen molar-refractivity contribution >= 4 is 39.9 Å². The van der Waals surface area contributed by atoms with E-state index in [0.717, 1.165) is 0 Å². The summed E-state index contributed by atoms with van der Waals surface area (Å²) < 4.78 is 18.7. The molecule has 0 radical (unpaired) electrons. The van der Waals surface area contributed by atoms with E-state index in [-0.39, 0.29) is 62.9 Å². The number of aryl methyl sites for hydroxylation is 1. The van der Waals surface area contributed by atoms with Gasteiger partial charge in [0, 0.05) is 44.5 Å². The molecule has 2 N–H and O–H groups in total. The van der Waals surface area contributed by atoms with Crippen molar-refractivity contribution in [1.82, 2.24) is 19.4 Å². The lowest BCUT2D eigenvalue weighted by molar-refractivity contribution is -0.127. The van der Waals surface area contributed by atoms with Crippen LogP contribution in [0.2, 0.25) is 5.02 Å². The summed E-state index contributed by atoms with van der Waals surface area (Å²) in [6.45, 7) is 12.2. The number of carbonyl (C=O) groups is 1. The van der Waals surface area contributed by atoms with E-state index in [1.807, 2.05) is 37.5 Å². The lowest BCUT2D eigenvalue weighted by Gasteiger charge is -2.46. The molecule has 0 spiro atoms. The number of phenolic OH excluding ortho intramolecular Hbond substituents is 2. The molecular weight excluding hydrogens is 599 g/mol. The predicted molar refractivity (Wildman–Crippen MR) is 173 cm³/mol. The van der Waals surface area contributed by atoms with Gasteiger partial charge in [0.15, 0.2) is 5.82 Å². The van der Waals surface area contributed by atoms with Gasteiger partial charge in [-0.25, -0.2) is 9.18 Å². The molecule has 4 heterocycles. The first-order valence-corrected chi connectivity index (χ1v) is 15.1. The van der Waals surface area contributed by atoms with Crippen molar-refractivity contribution in [1.29, 1.82) is 0 Å². The molecule has 2 atom stereocenters. The van der Waals surface area contributed by atoms with Crippen LogP contribution in [0.25, 0.3) is 27.7 Å². The minimum Gasteiger partial charge on any atom is -0.507 e. The van der Waals surface area contributed by atoms with E-state index in [2.05, 4.69) is 16.5 Å². The number of halogens is 2. The minimum atomic E-state index is -0.908. The lowest BCUT2D eigenvalue weighted by atomic mass is 9.97. The number of amides is 1. The number of piperazine rings is 1. The van der Waals surface area contributed by atoms with Gasteiger partial charge in [-0.05, 0) is 49.6 Å². The van der Waals surface area contributed by atoms with Crippen molar-refractivity contribution in [3.05, 3.63) is 75.7 Å². The van der Waals surface area contributed by atoms with Crippen LogP contribution in [0, 0.1) is 12.7 Å². The summed E-state index contributed by atoms with van der Waals surface area (Å²) in [6, 6.07) is 5.20. The fraction of sp³-hybridized carbons (Fsp3) is 0.333. The number of aromatic hydroxyl groups is 2. The molecule has 2 aromatic carbocycles. The van der Waals surface area contributed by atoms with Crippen LogP contribution in [-0.4, -0.2) is 74.3 Å². The first-order valence-electron chi connectivity index (χ1n) is 14.7. The number of pyridine rings is 1. The number of hydrogen-bond donors (Lipinski definition) is 2. The van der Waals surface area contributed by atoms with E-state index in [9.17, 15) is 19.8 Å². The standard InChI is InChI=1S/C33H34ClFN6O4/c1-7-22(44)39-13-18(5)40-19(15-39)14-38(6)30-25-31(27(35)24(26(30)34)23-20(42)9-8-10-21(23)43)41(33(45)37-32(25)40)29-17(4)11-12-36-28(29)16(2)3/h7-12,16,18-19,42-43H,1,13-15H2,2-6H3. The molecule has 45 heavy (non-hydrogen) atoms. The van der Waals surface area contributed by atoms with E-state index in [1.165, 1.54) is 28.8 Å². The third-order valence-electron chi connectivity index (χ3n) is 8.74. The maximum atomic E-state index is 17.5. The maximum absolute atomic E-state index is 17.5. The van der Waals surface area contributed by atoms with Gasteiger partial charge in [-0.3, -0.25) is 14.3 Å². The zero-order chi connectivity index (χ0) is 32.5. The first kappa shape index (κ1) is 30.4. The molecule has 0 saturated carbocycles. The van der Waals surface area contributed by atoms with Crippen molar-refractivity contribution in [2.75, 3.05) is 36.5 Å². The highest BCUT2D eigenvalue weighted by Gasteiger charge is 2.42. The second kappa shape index (κ2) is 11.1. The summed E-state index contributed by atoms with van der Waals surface area (Å²) in [5.41, 5.74) is 0.735. The highest BCUT2D eigenvalue weighted by Crippen LogP contribution is 2.52. The van der Waals surface area contributed by atoms with Crippen molar-refractivity contribution in [3.63, 3.8) is 0 Å². The summed E-state index contributed by atoms with van der Waals surface area (Å²) in [5, 5.41) is 22.0. The summed E-state index contributed by atoms with van der Waals surface area (Å²) in [7, 11) is 1.80. The summed E-state index contributed by atoms with van der Waals surface area (Å²) in [4.78, 5) is 41.7. The van der Waals surface area contributed by atoms with Crippen LogP contribution in [0.5, 0.6) is 11.5 Å². The number of benzene rings is 2. The smallest absolute Gasteiger partial charge is 0.354 e. The van der Waals surface area contributed by atoms with Gasteiger partial charge in [0.05, 0.1) is 39.1 Å². The number of fused-ring (bicyclic) bond motifs is 2. The third kappa shape index (κ3) is 4.59. The summed E-state index contributed by atoms with van der Waals surface area (Å²) >= 11 is 7.10. The largest absolute Gasteiger partial charge is 0.507 e. The minimum absolute atomic E-state index is 0.0638. The molecule has 6 rings (SSSR count). The molecule has 2 aliphatic heterocycles. The number of hydrogen-bond acceptors (Lipinski definition) is 8. The highest BCUT2D eigenvalue weighted by atomic mass is 35.5. The second-order valence-corrected chi connectivity index (χ2v) is 12.4. The molecule has 0 aliphatic carbocycles. The molecule has 1 amide bonds. The van der Waals surface area contributed by atoms with Crippen molar-refractivity contribution in [2.24, 2.45) is 0 Å². The Labute approximate surface area is 264 Å². The number of phenols is 2. The van der Waals surface area contributed by atoms with Gasteiger partial charge >= 0.3 is 5.69 Å². The third-order valence-corrected chi connectivity index (χ3v) is 9.11. The van der Waals surface area contributed by atoms with Crippen LogP contribution < -0.4 is 15.5 Å². The van der Waals surface area contributed by atoms with Gasteiger partial charge in [0.1, 0.15) is 22.8 Å². The maximum Gasteiger partial charge on any atom is 0.354 e. The number of likely N-dealkylation sites (N-methyl/N-ethyl adjacent to an activating group) is 1. The average Bonchev–Trinajstić information content (AvgIpc) is 3.10. The number of rotatable bonds is 4. The fourth-order valence-corrected chi connectivity index (χ4v) is 7.26. The molecule has 2 aromatic heterocycles. The number of anilines is 2. The lowest BCUT2D eigenvalue weighted by Crippen LogP contribution is -2.61. The van der Waals surface area contributed by atoms with Gasteiger partial charge in [0.25, 0.3) is 0 Å². The topological polar surface area (TPSA) is 115 Å². The average molecular weight is 633 g/mol. The van der Waals surface area contributed by atoms with Crippen molar-refractivity contribution in [3.8, 4) is 28.3 Å². The quantitative estimate of drug-likeness (QED) is 0.298. The van der Waals surface area contributed by atoms with Crippen LogP contribution in [0.3, 0.4) is 0 Å². The van der Waals surface area contributed by atoms with Crippen LogP contribution in [-0.2, 0) is 4.79 Å². The number of nitrogens with zero attached hydrogens (tertiary/aromatic N) is 6. The number of carbonyl (C=O) groups excluding carboxylic acids is 1. The van der Waals surface area contributed by atoms with E-state index in [4.69, 9.17) is 11.6 Å². The molecule has 2 unspecified atom stereocenters. The first-order chi connectivity index (χ1) is 21.4. The SMILES string of the molecule is C=CC(=O)N1CC(C)N2c3nc(=O)n(-c4c(C)ccnc4C(C)C)c4c(F)c(-c5c(O)cccc5O)c(Cl)c(c34)N(C)CC2C1. The monoisotopic (exact) mass is 632 g/mol. The zero-order valence-electron chi connectivity index (χ0n) is 25.7.